The van der Waals surface area contributed by atoms with Gasteiger partial charge in [0.25, 0.3) is 5.69 Å². The van der Waals surface area contributed by atoms with Crippen LogP contribution in [0.2, 0.25) is 5.02 Å². The van der Waals surface area contributed by atoms with Gasteiger partial charge in [-0.25, -0.2) is 5.43 Å². The summed E-state index contributed by atoms with van der Waals surface area (Å²) in [4.78, 5) is 33.7. The molecule has 9 heteroatoms. The number of anilines is 1. The highest BCUT2D eigenvalue weighted by atomic mass is 35.5. The molecule has 2 aromatic rings. The number of amides is 2. The molecule has 2 aromatic carbocycles. The molecule has 0 saturated heterocycles. The number of benzene rings is 2. The molecule has 0 atom stereocenters. The number of nitrogens with zero attached hydrogens (tertiary/aromatic N) is 2. The molecule has 0 bridgehead atoms. The summed E-state index contributed by atoms with van der Waals surface area (Å²) in [6.07, 6.45) is 1.20. The van der Waals surface area contributed by atoms with Crippen molar-refractivity contribution in [2.24, 2.45) is 5.10 Å². The molecule has 2 N–H and O–H groups in total. The van der Waals surface area contributed by atoms with Gasteiger partial charge in [-0.15, -0.1) is 0 Å². The molecule has 0 saturated carbocycles. The minimum absolute atomic E-state index is 0.107. The van der Waals surface area contributed by atoms with E-state index in [4.69, 9.17) is 11.6 Å². The largest absolute Gasteiger partial charge is 0.329 e. The smallest absolute Gasteiger partial charge is 0.317 e. The van der Waals surface area contributed by atoms with Gasteiger partial charge in [0.05, 0.1) is 11.1 Å². The standard InChI is InChI=1S/C16H13ClN4O4/c1-10-13(17)6-3-7-14(10)19-15(22)16(23)20-18-9-11-4-2-5-12(8-11)21(24)25/h2-9H,1H3,(H,19,22)(H,20,23)/b18-9-. The molecule has 2 rings (SSSR count). The van der Waals surface area contributed by atoms with Gasteiger partial charge in [-0.1, -0.05) is 29.8 Å². The number of hydrogen-bond donors (Lipinski definition) is 2. The van der Waals surface area contributed by atoms with Crippen LogP contribution in [-0.4, -0.2) is 23.0 Å². The van der Waals surface area contributed by atoms with E-state index in [0.29, 0.717) is 21.8 Å². The predicted octanol–water partition coefficient (Wildman–Crippen LogP) is 2.65. The van der Waals surface area contributed by atoms with Gasteiger partial charge >= 0.3 is 11.8 Å². The van der Waals surface area contributed by atoms with Gasteiger partial charge in [0.2, 0.25) is 0 Å². The summed E-state index contributed by atoms with van der Waals surface area (Å²) >= 11 is 5.94. The number of non-ortho nitro benzene ring substituents is 1. The number of nitro groups is 1. The maximum Gasteiger partial charge on any atom is 0.329 e. The molecule has 0 aliphatic heterocycles. The average Bonchev–Trinajstić information content (AvgIpc) is 2.59. The van der Waals surface area contributed by atoms with E-state index in [1.165, 1.54) is 24.4 Å². The number of halogens is 1. The van der Waals surface area contributed by atoms with Crippen molar-refractivity contribution < 1.29 is 14.5 Å². The van der Waals surface area contributed by atoms with E-state index in [0.717, 1.165) is 0 Å². The zero-order valence-corrected chi connectivity index (χ0v) is 13.8. The Labute approximate surface area is 147 Å². The molecule has 0 aliphatic rings. The monoisotopic (exact) mass is 360 g/mol. The number of nitro benzene ring substituents is 1. The minimum atomic E-state index is -0.985. The summed E-state index contributed by atoms with van der Waals surface area (Å²) < 4.78 is 0. The summed E-state index contributed by atoms with van der Waals surface area (Å²) in [5, 5.41) is 17.2. The van der Waals surface area contributed by atoms with Gasteiger partial charge in [-0.3, -0.25) is 19.7 Å². The third-order valence-electron chi connectivity index (χ3n) is 3.18. The van der Waals surface area contributed by atoms with Gasteiger partial charge in [0.1, 0.15) is 0 Å². The van der Waals surface area contributed by atoms with Crippen molar-refractivity contribution in [2.75, 3.05) is 5.32 Å². The van der Waals surface area contributed by atoms with Crippen molar-refractivity contribution >= 4 is 41.0 Å². The number of nitrogens with one attached hydrogen (secondary N) is 2. The minimum Gasteiger partial charge on any atom is -0.317 e. The molecule has 0 heterocycles. The Kier molecular flexibility index (Phi) is 5.80. The highest BCUT2D eigenvalue weighted by molar-refractivity contribution is 6.40. The van der Waals surface area contributed by atoms with Crippen LogP contribution in [0.4, 0.5) is 11.4 Å². The van der Waals surface area contributed by atoms with Crippen LogP contribution < -0.4 is 10.7 Å². The van der Waals surface area contributed by atoms with E-state index in [2.05, 4.69) is 10.4 Å². The molecule has 0 fully saturated rings. The summed E-state index contributed by atoms with van der Waals surface area (Å²) in [5.41, 5.74) is 3.39. The lowest BCUT2D eigenvalue weighted by molar-refractivity contribution is -0.384. The van der Waals surface area contributed by atoms with Crippen molar-refractivity contribution in [3.05, 3.63) is 68.7 Å². The Hall–Kier alpha value is -3.26. The van der Waals surface area contributed by atoms with Gasteiger partial charge in [-0.05, 0) is 24.6 Å². The van der Waals surface area contributed by atoms with Crippen LogP contribution in [0.5, 0.6) is 0 Å². The fourth-order valence-corrected chi connectivity index (χ4v) is 2.03. The van der Waals surface area contributed by atoms with E-state index in [1.807, 2.05) is 5.43 Å². The van der Waals surface area contributed by atoms with Crippen LogP contribution in [0.1, 0.15) is 11.1 Å². The summed E-state index contributed by atoms with van der Waals surface area (Å²) in [6, 6.07) is 10.6. The fraction of sp³-hybridized carbons (Fsp3) is 0.0625. The first-order valence-corrected chi connectivity index (χ1v) is 7.40. The third-order valence-corrected chi connectivity index (χ3v) is 3.59. The average molecular weight is 361 g/mol. The summed E-state index contributed by atoms with van der Waals surface area (Å²) in [6.45, 7) is 1.70. The second-order valence-electron chi connectivity index (χ2n) is 4.92. The summed E-state index contributed by atoms with van der Waals surface area (Å²) in [5.74, 6) is -1.90. The van der Waals surface area contributed by atoms with E-state index < -0.39 is 16.7 Å². The lowest BCUT2D eigenvalue weighted by atomic mass is 10.2. The van der Waals surface area contributed by atoms with Gasteiger partial charge in [0, 0.05) is 28.4 Å². The normalized spacial score (nSPS) is 10.5. The van der Waals surface area contributed by atoms with E-state index in [9.17, 15) is 19.7 Å². The van der Waals surface area contributed by atoms with Gasteiger partial charge < -0.3 is 5.32 Å². The molecule has 2 amide bonds. The quantitative estimate of drug-likeness (QED) is 0.377. The van der Waals surface area contributed by atoms with Crippen molar-refractivity contribution in [3.63, 3.8) is 0 Å². The maximum atomic E-state index is 11.8. The van der Waals surface area contributed by atoms with Crippen LogP contribution in [0.15, 0.2) is 47.6 Å². The van der Waals surface area contributed by atoms with Crippen LogP contribution in [0, 0.1) is 17.0 Å². The molecular weight excluding hydrogens is 348 g/mol. The second-order valence-corrected chi connectivity index (χ2v) is 5.32. The molecular formula is C16H13ClN4O4. The lowest BCUT2D eigenvalue weighted by Crippen LogP contribution is -2.32. The topological polar surface area (TPSA) is 114 Å². The zero-order valence-electron chi connectivity index (χ0n) is 13.0. The Morgan fingerprint density at radius 1 is 1.20 bits per heavy atom. The van der Waals surface area contributed by atoms with Crippen LogP contribution in [0.3, 0.4) is 0 Å². The molecule has 0 aromatic heterocycles. The Morgan fingerprint density at radius 3 is 2.64 bits per heavy atom. The van der Waals surface area contributed by atoms with Crippen molar-refractivity contribution in [1.29, 1.82) is 0 Å². The van der Waals surface area contributed by atoms with E-state index >= 15 is 0 Å². The van der Waals surface area contributed by atoms with Gasteiger partial charge in [0.15, 0.2) is 0 Å². The number of rotatable bonds is 4. The highest BCUT2D eigenvalue weighted by Gasteiger charge is 2.14. The molecule has 0 aliphatic carbocycles. The Balaban J connectivity index is 1.97. The van der Waals surface area contributed by atoms with Crippen molar-refractivity contribution in [1.82, 2.24) is 5.43 Å². The van der Waals surface area contributed by atoms with Crippen LogP contribution in [-0.2, 0) is 9.59 Å². The molecule has 8 nitrogen and oxygen atoms in total. The number of carbonyl (C=O) groups excluding carboxylic acids is 2. The lowest BCUT2D eigenvalue weighted by Gasteiger charge is -2.08. The number of carbonyl (C=O) groups is 2. The second kappa shape index (κ2) is 8.02. The molecule has 25 heavy (non-hydrogen) atoms. The fourth-order valence-electron chi connectivity index (χ4n) is 1.86. The van der Waals surface area contributed by atoms with Crippen molar-refractivity contribution in [3.8, 4) is 0 Å². The van der Waals surface area contributed by atoms with E-state index in [1.54, 1.807) is 31.2 Å². The number of hydrazone groups is 1. The van der Waals surface area contributed by atoms with Crippen LogP contribution in [0.25, 0.3) is 0 Å². The predicted molar refractivity (Wildman–Crippen MR) is 93.7 cm³/mol. The maximum absolute atomic E-state index is 11.8. The molecule has 0 radical (unpaired) electrons. The first-order valence-electron chi connectivity index (χ1n) is 7.02. The first-order chi connectivity index (χ1) is 11.9. The third kappa shape index (κ3) is 4.85. The van der Waals surface area contributed by atoms with Gasteiger partial charge in [-0.2, -0.15) is 5.10 Å². The molecule has 0 unspecified atom stereocenters. The Bertz CT molecular complexity index is 867. The zero-order chi connectivity index (χ0) is 18.4. The van der Waals surface area contributed by atoms with Crippen LogP contribution >= 0.6 is 11.6 Å². The SMILES string of the molecule is Cc1c(Cl)cccc1NC(=O)C(=O)N/N=C\c1cccc([N+](=O)[O-])c1. The number of hydrogen-bond acceptors (Lipinski definition) is 5. The van der Waals surface area contributed by atoms with E-state index in [-0.39, 0.29) is 5.69 Å². The molecule has 128 valence electrons. The highest BCUT2D eigenvalue weighted by Crippen LogP contribution is 2.22. The summed E-state index contributed by atoms with van der Waals surface area (Å²) in [7, 11) is 0. The molecule has 0 spiro atoms. The first kappa shape index (κ1) is 18.1. The Morgan fingerprint density at radius 2 is 1.92 bits per heavy atom. The van der Waals surface area contributed by atoms with Crippen molar-refractivity contribution in [2.45, 2.75) is 6.92 Å².